The number of rotatable bonds is 5. The summed E-state index contributed by atoms with van der Waals surface area (Å²) in [5.41, 5.74) is 1.46. The molecule has 6 heteroatoms. The molecule has 0 aliphatic heterocycles. The number of hydrogen-bond donors (Lipinski definition) is 1. The Labute approximate surface area is 153 Å². The minimum atomic E-state index is -0.621. The quantitative estimate of drug-likeness (QED) is 0.834. The molecule has 2 rings (SSSR count). The van der Waals surface area contributed by atoms with Gasteiger partial charge in [0, 0.05) is 19.2 Å². The predicted molar refractivity (Wildman–Crippen MR) is 98.6 cm³/mol. The summed E-state index contributed by atoms with van der Waals surface area (Å²) in [5, 5.41) is 2.53. The van der Waals surface area contributed by atoms with Crippen LogP contribution in [0.1, 0.15) is 52.9 Å². The van der Waals surface area contributed by atoms with Crippen molar-refractivity contribution in [1.29, 1.82) is 0 Å². The van der Waals surface area contributed by atoms with E-state index in [0.717, 1.165) is 11.3 Å². The molecule has 6 nitrogen and oxygen atoms in total. The fourth-order valence-corrected chi connectivity index (χ4v) is 2.33. The van der Waals surface area contributed by atoms with Gasteiger partial charge in [-0.3, -0.25) is 4.79 Å². The number of pyridine rings is 1. The zero-order valence-corrected chi connectivity index (χ0v) is 15.8. The number of carbonyl (C=O) groups is 2. The number of ether oxygens (including phenoxy) is 2. The predicted octanol–water partition coefficient (Wildman–Crippen LogP) is 3.00. The number of hydrogen-bond acceptors (Lipinski definition) is 5. The Morgan fingerprint density at radius 2 is 1.77 bits per heavy atom. The molecule has 1 amide bonds. The maximum Gasteiger partial charge on any atom is 0.338 e. The lowest BCUT2D eigenvalue weighted by Crippen LogP contribution is -2.25. The topological polar surface area (TPSA) is 77.5 Å². The average Bonchev–Trinajstić information content (AvgIpc) is 2.60. The molecular weight excluding hydrogens is 332 g/mol. The lowest BCUT2D eigenvalue weighted by Gasteiger charge is -2.20. The molecule has 0 aliphatic rings. The second-order valence-corrected chi connectivity index (χ2v) is 6.84. The first-order chi connectivity index (χ1) is 12.2. The van der Waals surface area contributed by atoms with Crippen molar-refractivity contribution in [3.05, 3.63) is 58.9 Å². The standard InChI is InChI=1S/C20H24N2O4/c1-20(2,3)26-19(24)14-11-15(22-17(12-14)18(23)21-4)10-13-6-8-16(25-5)9-7-13/h6-9,11-12H,10H2,1-5H3,(H,21,23). The highest BCUT2D eigenvalue weighted by molar-refractivity contribution is 5.96. The highest BCUT2D eigenvalue weighted by Crippen LogP contribution is 2.18. The van der Waals surface area contributed by atoms with Crippen molar-refractivity contribution in [2.24, 2.45) is 0 Å². The Bertz CT molecular complexity index is 792. The second kappa shape index (κ2) is 7.99. The van der Waals surface area contributed by atoms with Crippen LogP contribution in [-0.4, -0.2) is 36.6 Å². The van der Waals surface area contributed by atoms with Crippen molar-refractivity contribution in [3.63, 3.8) is 0 Å². The Hall–Kier alpha value is -2.89. The molecule has 0 bridgehead atoms. The third-order valence-corrected chi connectivity index (χ3v) is 3.52. The van der Waals surface area contributed by atoms with E-state index in [0.29, 0.717) is 17.7 Å². The highest BCUT2D eigenvalue weighted by Gasteiger charge is 2.20. The van der Waals surface area contributed by atoms with Gasteiger partial charge in [0.05, 0.1) is 12.7 Å². The maximum absolute atomic E-state index is 12.4. The van der Waals surface area contributed by atoms with Crippen LogP contribution in [0, 0.1) is 0 Å². The number of amides is 1. The monoisotopic (exact) mass is 356 g/mol. The van der Waals surface area contributed by atoms with E-state index in [1.807, 2.05) is 24.3 Å². The largest absolute Gasteiger partial charge is 0.497 e. The van der Waals surface area contributed by atoms with Crippen LogP contribution < -0.4 is 10.1 Å². The SMILES string of the molecule is CNC(=O)c1cc(C(=O)OC(C)(C)C)cc(Cc2ccc(OC)cc2)n1. The van der Waals surface area contributed by atoms with E-state index in [9.17, 15) is 9.59 Å². The number of methoxy groups -OCH3 is 1. The summed E-state index contributed by atoms with van der Waals surface area (Å²) in [6.45, 7) is 5.39. The molecule has 26 heavy (non-hydrogen) atoms. The van der Waals surface area contributed by atoms with Gasteiger partial charge in [-0.05, 0) is 50.6 Å². The molecular formula is C20H24N2O4. The van der Waals surface area contributed by atoms with Gasteiger partial charge >= 0.3 is 5.97 Å². The lowest BCUT2D eigenvalue weighted by molar-refractivity contribution is 0.00692. The van der Waals surface area contributed by atoms with Gasteiger partial charge in [-0.15, -0.1) is 0 Å². The van der Waals surface area contributed by atoms with Crippen LogP contribution >= 0.6 is 0 Å². The van der Waals surface area contributed by atoms with Crippen LogP contribution in [0.5, 0.6) is 5.75 Å². The second-order valence-electron chi connectivity index (χ2n) is 6.84. The molecule has 0 spiro atoms. The van der Waals surface area contributed by atoms with Crippen LogP contribution in [0.3, 0.4) is 0 Å². The van der Waals surface area contributed by atoms with Crippen LogP contribution in [0.2, 0.25) is 0 Å². The number of nitrogens with zero attached hydrogens (tertiary/aromatic N) is 1. The van der Waals surface area contributed by atoms with Crippen molar-refractivity contribution < 1.29 is 19.1 Å². The molecule has 0 unspecified atom stereocenters. The highest BCUT2D eigenvalue weighted by atomic mass is 16.6. The third-order valence-electron chi connectivity index (χ3n) is 3.52. The first-order valence-electron chi connectivity index (χ1n) is 8.31. The van der Waals surface area contributed by atoms with Gasteiger partial charge in [-0.25, -0.2) is 9.78 Å². The average molecular weight is 356 g/mol. The van der Waals surface area contributed by atoms with E-state index < -0.39 is 11.6 Å². The van der Waals surface area contributed by atoms with Crippen molar-refractivity contribution in [3.8, 4) is 5.75 Å². The Balaban J connectivity index is 2.35. The normalized spacial score (nSPS) is 11.0. The smallest absolute Gasteiger partial charge is 0.338 e. The van der Waals surface area contributed by atoms with Crippen LogP contribution in [0.15, 0.2) is 36.4 Å². The van der Waals surface area contributed by atoms with E-state index in [1.165, 1.54) is 13.1 Å². The Kier molecular flexibility index (Phi) is 5.97. The number of aromatic nitrogens is 1. The van der Waals surface area contributed by atoms with Crippen molar-refractivity contribution in [2.75, 3.05) is 14.2 Å². The third kappa shape index (κ3) is 5.31. The van der Waals surface area contributed by atoms with Crippen molar-refractivity contribution >= 4 is 11.9 Å². The molecule has 0 fully saturated rings. The van der Waals surface area contributed by atoms with Gasteiger partial charge in [-0.1, -0.05) is 12.1 Å². The van der Waals surface area contributed by atoms with Crippen LogP contribution in [-0.2, 0) is 11.2 Å². The van der Waals surface area contributed by atoms with E-state index in [-0.39, 0.29) is 11.6 Å². The van der Waals surface area contributed by atoms with Gasteiger partial charge in [0.1, 0.15) is 17.0 Å². The lowest BCUT2D eigenvalue weighted by atomic mass is 10.1. The molecule has 1 aromatic carbocycles. The number of carbonyl (C=O) groups excluding carboxylic acids is 2. The number of benzene rings is 1. The van der Waals surface area contributed by atoms with Crippen LogP contribution in [0.25, 0.3) is 0 Å². The fourth-order valence-electron chi connectivity index (χ4n) is 2.33. The number of esters is 1. The van der Waals surface area contributed by atoms with Crippen molar-refractivity contribution in [1.82, 2.24) is 10.3 Å². The van der Waals surface area contributed by atoms with Gasteiger partial charge in [-0.2, -0.15) is 0 Å². The summed E-state index contributed by atoms with van der Waals surface area (Å²) in [6, 6.07) is 10.6. The molecule has 0 aliphatic carbocycles. The fraction of sp³-hybridized carbons (Fsp3) is 0.350. The molecule has 0 saturated heterocycles. The summed E-state index contributed by atoms with van der Waals surface area (Å²) in [4.78, 5) is 28.8. The van der Waals surface area contributed by atoms with Gasteiger partial charge in [0.2, 0.25) is 0 Å². The van der Waals surface area contributed by atoms with Crippen LogP contribution in [0.4, 0.5) is 0 Å². The molecule has 1 heterocycles. The number of nitrogens with one attached hydrogen (secondary N) is 1. The molecule has 138 valence electrons. The zero-order chi connectivity index (χ0) is 19.3. The Morgan fingerprint density at radius 3 is 2.31 bits per heavy atom. The minimum Gasteiger partial charge on any atom is -0.497 e. The summed E-state index contributed by atoms with van der Waals surface area (Å²) in [6.07, 6.45) is 0.477. The molecule has 1 aromatic heterocycles. The summed E-state index contributed by atoms with van der Waals surface area (Å²) in [5.74, 6) is -0.0808. The summed E-state index contributed by atoms with van der Waals surface area (Å²) >= 11 is 0. The van der Waals surface area contributed by atoms with E-state index in [4.69, 9.17) is 9.47 Å². The molecule has 0 radical (unpaired) electrons. The van der Waals surface area contributed by atoms with Gasteiger partial charge in [0.25, 0.3) is 5.91 Å². The minimum absolute atomic E-state index is 0.180. The molecule has 1 N–H and O–H groups in total. The molecule has 0 atom stereocenters. The summed E-state index contributed by atoms with van der Waals surface area (Å²) in [7, 11) is 3.13. The first kappa shape index (κ1) is 19.4. The maximum atomic E-state index is 12.4. The van der Waals surface area contributed by atoms with E-state index in [1.54, 1.807) is 33.9 Å². The van der Waals surface area contributed by atoms with Gasteiger partial charge < -0.3 is 14.8 Å². The van der Waals surface area contributed by atoms with Crippen molar-refractivity contribution in [2.45, 2.75) is 32.8 Å². The van der Waals surface area contributed by atoms with Gasteiger partial charge in [0.15, 0.2) is 0 Å². The zero-order valence-electron chi connectivity index (χ0n) is 15.8. The molecule has 2 aromatic rings. The van der Waals surface area contributed by atoms with E-state index >= 15 is 0 Å². The summed E-state index contributed by atoms with van der Waals surface area (Å²) < 4.78 is 10.6. The molecule has 0 saturated carbocycles. The van der Waals surface area contributed by atoms with E-state index in [2.05, 4.69) is 10.3 Å². The first-order valence-corrected chi connectivity index (χ1v) is 8.31. The Morgan fingerprint density at radius 1 is 1.12 bits per heavy atom.